The van der Waals surface area contributed by atoms with Gasteiger partial charge in [-0.3, -0.25) is 4.79 Å². The molecule has 2 aromatic carbocycles. The van der Waals surface area contributed by atoms with E-state index in [9.17, 15) is 9.18 Å². The molecule has 4 heteroatoms. The van der Waals surface area contributed by atoms with Gasteiger partial charge in [-0.15, -0.1) is 0 Å². The number of aryl methyl sites for hydroxylation is 1. The largest absolute Gasteiger partial charge is 0.323 e. The maximum absolute atomic E-state index is 14.7. The Balaban J connectivity index is 1.85. The van der Waals surface area contributed by atoms with Crippen LogP contribution in [0, 0.1) is 12.7 Å². The number of carbonyl (C=O) groups excluding carboxylic acids is 1. The quantitative estimate of drug-likeness (QED) is 0.903. The Kier molecular flexibility index (Phi) is 4.41. The van der Waals surface area contributed by atoms with Crippen LogP contribution in [0.2, 0.25) is 0 Å². The van der Waals surface area contributed by atoms with Crippen LogP contribution < -0.4 is 10.6 Å². The smallest absolute Gasteiger partial charge is 0.234 e. The van der Waals surface area contributed by atoms with Gasteiger partial charge in [0.05, 0.1) is 11.1 Å². The molecule has 0 aliphatic carbocycles. The van der Waals surface area contributed by atoms with Crippen LogP contribution in [0.4, 0.5) is 10.1 Å². The summed E-state index contributed by atoms with van der Waals surface area (Å²) in [5, 5.41) is 6.00. The summed E-state index contributed by atoms with van der Waals surface area (Å²) < 4.78 is 14.7. The van der Waals surface area contributed by atoms with Crippen molar-refractivity contribution in [2.45, 2.75) is 39.2 Å². The van der Waals surface area contributed by atoms with Crippen LogP contribution in [0.3, 0.4) is 0 Å². The molecule has 3 rings (SSSR count). The fourth-order valence-corrected chi connectivity index (χ4v) is 3.01. The summed E-state index contributed by atoms with van der Waals surface area (Å²) in [6, 6.07) is 11.4. The fraction of sp³-hybridized carbons (Fsp3) is 0.350. The van der Waals surface area contributed by atoms with Crippen molar-refractivity contribution in [3.8, 4) is 0 Å². The first-order chi connectivity index (χ1) is 11.4. The molecule has 0 unspecified atom stereocenters. The van der Waals surface area contributed by atoms with Gasteiger partial charge < -0.3 is 10.6 Å². The van der Waals surface area contributed by atoms with Crippen LogP contribution in [-0.4, -0.2) is 12.5 Å². The highest BCUT2D eigenvalue weighted by Crippen LogP contribution is 2.28. The van der Waals surface area contributed by atoms with Gasteiger partial charge in [0.25, 0.3) is 0 Å². The number of hydrogen-bond acceptors (Lipinski definition) is 2. The molecule has 2 aromatic rings. The lowest BCUT2D eigenvalue weighted by Crippen LogP contribution is -2.35. The molecule has 24 heavy (non-hydrogen) atoms. The summed E-state index contributed by atoms with van der Waals surface area (Å²) in [6.07, 6.45) is 0.645. The summed E-state index contributed by atoms with van der Waals surface area (Å²) in [4.78, 5) is 12.7. The average Bonchev–Trinajstić information content (AvgIpc) is 2.58. The van der Waals surface area contributed by atoms with Crippen LogP contribution in [0.25, 0.3) is 0 Å². The second kappa shape index (κ2) is 6.36. The van der Waals surface area contributed by atoms with E-state index >= 15 is 0 Å². The van der Waals surface area contributed by atoms with Gasteiger partial charge in [-0.25, -0.2) is 4.39 Å². The van der Waals surface area contributed by atoms with E-state index in [1.165, 1.54) is 0 Å². The molecule has 0 saturated carbocycles. The number of nitrogens with one attached hydrogen (secondary N) is 2. The Morgan fingerprint density at radius 2 is 1.88 bits per heavy atom. The van der Waals surface area contributed by atoms with E-state index in [2.05, 4.69) is 10.6 Å². The molecule has 0 saturated heterocycles. The maximum Gasteiger partial charge on any atom is 0.234 e. The van der Waals surface area contributed by atoms with Crippen molar-refractivity contribution in [1.29, 1.82) is 0 Å². The van der Waals surface area contributed by atoms with Gasteiger partial charge >= 0.3 is 0 Å². The Hall–Kier alpha value is -2.20. The van der Waals surface area contributed by atoms with Crippen molar-refractivity contribution in [2.24, 2.45) is 0 Å². The fourth-order valence-electron chi connectivity index (χ4n) is 3.01. The molecule has 126 valence electrons. The monoisotopic (exact) mass is 326 g/mol. The maximum atomic E-state index is 14.7. The Morgan fingerprint density at radius 3 is 2.58 bits per heavy atom. The highest BCUT2D eigenvalue weighted by Gasteiger charge is 2.30. The predicted octanol–water partition coefficient (Wildman–Crippen LogP) is 3.70. The number of amides is 1. The van der Waals surface area contributed by atoms with E-state index in [1.807, 2.05) is 51.1 Å². The normalized spacial score (nSPS) is 14.2. The molecule has 1 amide bonds. The van der Waals surface area contributed by atoms with E-state index in [-0.39, 0.29) is 17.4 Å². The van der Waals surface area contributed by atoms with Crippen LogP contribution in [0.5, 0.6) is 0 Å². The van der Waals surface area contributed by atoms with Crippen molar-refractivity contribution in [1.82, 2.24) is 5.32 Å². The van der Waals surface area contributed by atoms with Crippen molar-refractivity contribution in [3.63, 3.8) is 0 Å². The van der Waals surface area contributed by atoms with Gasteiger partial charge in [-0.2, -0.15) is 0 Å². The third kappa shape index (κ3) is 3.06. The molecule has 0 fully saturated rings. The van der Waals surface area contributed by atoms with Crippen LogP contribution in [0.15, 0.2) is 36.4 Å². The molecular weight excluding hydrogens is 303 g/mol. The zero-order valence-electron chi connectivity index (χ0n) is 14.4. The Morgan fingerprint density at radius 1 is 1.17 bits per heavy atom. The minimum atomic E-state index is -0.738. The summed E-state index contributed by atoms with van der Waals surface area (Å²) in [7, 11) is 0. The van der Waals surface area contributed by atoms with Gasteiger partial charge in [-0.05, 0) is 56.5 Å². The van der Waals surface area contributed by atoms with Gasteiger partial charge in [-0.1, -0.05) is 35.9 Å². The standard InChI is InChI=1S/C20H23FN2O/c1-13-4-7-15(8-5-13)20(2,3)19(24)23-17-9-6-14-12-22-11-10-16(14)18(17)21/h4-9,22H,10-12H2,1-3H3,(H,23,24). The van der Waals surface area contributed by atoms with E-state index in [4.69, 9.17) is 0 Å². The third-order valence-electron chi connectivity index (χ3n) is 4.80. The lowest BCUT2D eigenvalue weighted by atomic mass is 9.83. The van der Waals surface area contributed by atoms with Gasteiger partial charge in [0, 0.05) is 6.54 Å². The van der Waals surface area contributed by atoms with E-state index < -0.39 is 5.41 Å². The van der Waals surface area contributed by atoms with Crippen LogP contribution in [-0.2, 0) is 23.2 Å². The molecule has 0 bridgehead atoms. The average molecular weight is 326 g/mol. The molecule has 0 aromatic heterocycles. The molecule has 0 atom stereocenters. The molecule has 0 radical (unpaired) electrons. The minimum absolute atomic E-state index is 0.209. The van der Waals surface area contributed by atoms with Crippen molar-refractivity contribution in [3.05, 3.63) is 64.5 Å². The van der Waals surface area contributed by atoms with E-state index in [1.54, 1.807) is 6.07 Å². The predicted molar refractivity (Wildman–Crippen MR) is 94.6 cm³/mol. The van der Waals surface area contributed by atoms with Crippen molar-refractivity contribution < 1.29 is 9.18 Å². The van der Waals surface area contributed by atoms with Gasteiger partial charge in [0.15, 0.2) is 0 Å². The summed E-state index contributed by atoms with van der Waals surface area (Å²) in [5.41, 5.74) is 3.25. The Bertz CT molecular complexity index is 766. The van der Waals surface area contributed by atoms with Crippen molar-refractivity contribution in [2.75, 3.05) is 11.9 Å². The number of halogens is 1. The number of rotatable bonds is 3. The summed E-state index contributed by atoms with van der Waals surface area (Å²) >= 11 is 0. The topological polar surface area (TPSA) is 41.1 Å². The highest BCUT2D eigenvalue weighted by atomic mass is 19.1. The summed E-state index contributed by atoms with van der Waals surface area (Å²) in [5.74, 6) is -0.513. The second-order valence-corrected chi connectivity index (χ2v) is 6.94. The molecule has 1 aliphatic rings. The summed E-state index contributed by atoms with van der Waals surface area (Å²) in [6.45, 7) is 7.15. The zero-order chi connectivity index (χ0) is 17.3. The lowest BCUT2D eigenvalue weighted by molar-refractivity contribution is -0.120. The first kappa shape index (κ1) is 16.7. The molecule has 2 N–H and O–H groups in total. The van der Waals surface area contributed by atoms with Crippen LogP contribution in [0.1, 0.15) is 36.1 Å². The number of hydrogen-bond donors (Lipinski definition) is 2. The molecule has 1 aliphatic heterocycles. The highest BCUT2D eigenvalue weighted by molar-refractivity contribution is 5.98. The first-order valence-electron chi connectivity index (χ1n) is 8.29. The number of benzene rings is 2. The number of fused-ring (bicyclic) bond motifs is 1. The molecule has 0 spiro atoms. The third-order valence-corrected chi connectivity index (χ3v) is 4.80. The first-order valence-corrected chi connectivity index (χ1v) is 8.29. The van der Waals surface area contributed by atoms with E-state index in [0.717, 1.165) is 23.2 Å². The van der Waals surface area contributed by atoms with Crippen LogP contribution >= 0.6 is 0 Å². The molecule has 3 nitrogen and oxygen atoms in total. The molecule has 1 heterocycles. The Labute approximate surface area is 142 Å². The molecular formula is C20H23FN2O. The van der Waals surface area contributed by atoms with Gasteiger partial charge in [0.1, 0.15) is 5.82 Å². The zero-order valence-corrected chi connectivity index (χ0v) is 14.4. The minimum Gasteiger partial charge on any atom is -0.323 e. The second-order valence-electron chi connectivity index (χ2n) is 6.94. The van der Waals surface area contributed by atoms with E-state index in [0.29, 0.717) is 18.5 Å². The number of anilines is 1. The SMILES string of the molecule is Cc1ccc(C(C)(C)C(=O)Nc2ccc3c(c2F)CCNC3)cc1. The van der Waals surface area contributed by atoms with Gasteiger partial charge in [0.2, 0.25) is 5.91 Å². The number of carbonyl (C=O) groups is 1. The lowest BCUT2D eigenvalue weighted by Gasteiger charge is -2.25. The van der Waals surface area contributed by atoms with Crippen molar-refractivity contribution >= 4 is 11.6 Å².